The minimum atomic E-state index is -0.358. The van der Waals surface area contributed by atoms with Gasteiger partial charge in [-0.1, -0.05) is 32.0 Å². The zero-order valence-corrected chi connectivity index (χ0v) is 13.2. The summed E-state index contributed by atoms with van der Waals surface area (Å²) >= 11 is 0. The van der Waals surface area contributed by atoms with E-state index in [0.717, 1.165) is 5.56 Å². The predicted molar refractivity (Wildman–Crippen MR) is 82.0 cm³/mol. The Hall–Kier alpha value is -1.88. The lowest BCUT2D eigenvalue weighted by Crippen LogP contribution is -2.36. The number of hydrogen-bond donors (Lipinski definition) is 1. The highest BCUT2D eigenvalue weighted by molar-refractivity contribution is 5.91. The van der Waals surface area contributed by atoms with Crippen LogP contribution in [-0.2, 0) is 16.1 Å². The average molecular weight is 292 g/mol. The first-order valence-electron chi connectivity index (χ1n) is 7.05. The molecule has 1 aromatic rings. The van der Waals surface area contributed by atoms with Crippen molar-refractivity contribution in [3.8, 4) is 0 Å². The van der Waals surface area contributed by atoms with Crippen LogP contribution < -0.4 is 5.32 Å². The molecule has 0 saturated heterocycles. The van der Waals surface area contributed by atoms with Crippen molar-refractivity contribution in [3.05, 3.63) is 35.4 Å². The number of nitrogens with one attached hydrogen (secondary N) is 1. The van der Waals surface area contributed by atoms with Gasteiger partial charge in [-0.25, -0.2) is 4.79 Å². The fourth-order valence-corrected chi connectivity index (χ4v) is 1.93. The van der Waals surface area contributed by atoms with Crippen LogP contribution in [0, 0.1) is 5.92 Å². The van der Waals surface area contributed by atoms with E-state index < -0.39 is 0 Å². The molecule has 1 amide bonds. The number of ether oxygens (including phenoxy) is 1. The molecule has 1 rings (SSSR count). The summed E-state index contributed by atoms with van der Waals surface area (Å²) in [6.07, 6.45) is 0. The first-order valence-corrected chi connectivity index (χ1v) is 7.05. The van der Waals surface area contributed by atoms with Gasteiger partial charge in [-0.2, -0.15) is 0 Å². The van der Waals surface area contributed by atoms with Gasteiger partial charge in [0.2, 0.25) is 5.91 Å². The number of carbonyl (C=O) groups is 2. The van der Waals surface area contributed by atoms with Gasteiger partial charge in [0.15, 0.2) is 0 Å². The van der Waals surface area contributed by atoms with Crippen molar-refractivity contribution in [2.24, 2.45) is 5.92 Å². The van der Waals surface area contributed by atoms with Crippen LogP contribution in [-0.4, -0.2) is 44.0 Å². The maximum absolute atomic E-state index is 11.8. The van der Waals surface area contributed by atoms with E-state index in [4.69, 9.17) is 4.74 Å². The van der Waals surface area contributed by atoms with E-state index in [1.54, 1.807) is 12.1 Å². The van der Waals surface area contributed by atoms with Gasteiger partial charge in [0, 0.05) is 13.1 Å². The Bertz CT molecular complexity index is 486. The Balaban J connectivity index is 2.61. The molecular weight excluding hydrogens is 268 g/mol. The third kappa shape index (κ3) is 5.95. The summed E-state index contributed by atoms with van der Waals surface area (Å²) in [4.78, 5) is 25.3. The van der Waals surface area contributed by atoms with Crippen molar-refractivity contribution < 1.29 is 14.3 Å². The van der Waals surface area contributed by atoms with Crippen LogP contribution in [0.15, 0.2) is 24.3 Å². The zero-order chi connectivity index (χ0) is 15.8. The molecule has 1 aromatic carbocycles. The number of benzene rings is 1. The van der Waals surface area contributed by atoms with E-state index in [9.17, 15) is 9.59 Å². The SMILES string of the molecule is COC(=O)c1ccccc1CN(C)CC(=O)NCC(C)C. The largest absolute Gasteiger partial charge is 0.465 e. The van der Waals surface area contributed by atoms with E-state index in [1.807, 2.05) is 24.1 Å². The van der Waals surface area contributed by atoms with Crippen LogP contribution in [0.2, 0.25) is 0 Å². The number of carbonyl (C=O) groups excluding carboxylic acids is 2. The maximum atomic E-state index is 11.8. The number of hydrogen-bond acceptors (Lipinski definition) is 4. The molecule has 5 heteroatoms. The van der Waals surface area contributed by atoms with Crippen LogP contribution in [0.4, 0.5) is 0 Å². The molecule has 0 saturated carbocycles. The van der Waals surface area contributed by atoms with Crippen LogP contribution >= 0.6 is 0 Å². The highest BCUT2D eigenvalue weighted by Gasteiger charge is 2.14. The average Bonchev–Trinajstić information content (AvgIpc) is 2.44. The number of nitrogens with zero attached hydrogens (tertiary/aromatic N) is 1. The Morgan fingerprint density at radius 3 is 2.57 bits per heavy atom. The lowest BCUT2D eigenvalue weighted by Gasteiger charge is -2.18. The van der Waals surface area contributed by atoms with Gasteiger partial charge in [-0.05, 0) is 24.6 Å². The van der Waals surface area contributed by atoms with Crippen molar-refractivity contribution in [3.63, 3.8) is 0 Å². The number of methoxy groups -OCH3 is 1. The molecule has 0 bridgehead atoms. The van der Waals surface area contributed by atoms with Gasteiger partial charge in [0.1, 0.15) is 0 Å². The van der Waals surface area contributed by atoms with Gasteiger partial charge in [0.25, 0.3) is 0 Å². The quantitative estimate of drug-likeness (QED) is 0.777. The van der Waals surface area contributed by atoms with Gasteiger partial charge >= 0.3 is 5.97 Å². The summed E-state index contributed by atoms with van der Waals surface area (Å²) in [7, 11) is 3.21. The summed E-state index contributed by atoms with van der Waals surface area (Å²) in [5, 5.41) is 2.88. The summed E-state index contributed by atoms with van der Waals surface area (Å²) in [6.45, 7) is 5.58. The fraction of sp³-hybridized carbons (Fsp3) is 0.500. The summed E-state index contributed by atoms with van der Waals surface area (Å²) in [5.41, 5.74) is 1.39. The zero-order valence-electron chi connectivity index (χ0n) is 13.2. The Labute approximate surface area is 126 Å². The highest BCUT2D eigenvalue weighted by atomic mass is 16.5. The Morgan fingerprint density at radius 1 is 1.29 bits per heavy atom. The molecule has 0 aliphatic heterocycles. The van der Waals surface area contributed by atoms with E-state index >= 15 is 0 Å². The standard InChI is InChI=1S/C16H24N2O3/c1-12(2)9-17-15(19)11-18(3)10-13-7-5-6-8-14(13)16(20)21-4/h5-8,12H,9-11H2,1-4H3,(H,17,19). The monoisotopic (exact) mass is 292 g/mol. The molecule has 0 atom stereocenters. The topological polar surface area (TPSA) is 58.6 Å². The Morgan fingerprint density at radius 2 is 1.95 bits per heavy atom. The van der Waals surface area contributed by atoms with Crippen molar-refractivity contribution in [1.29, 1.82) is 0 Å². The lowest BCUT2D eigenvalue weighted by atomic mass is 10.1. The fourth-order valence-electron chi connectivity index (χ4n) is 1.93. The summed E-state index contributed by atoms with van der Waals surface area (Å²) < 4.78 is 4.77. The molecule has 1 N–H and O–H groups in total. The first-order chi connectivity index (χ1) is 9.93. The highest BCUT2D eigenvalue weighted by Crippen LogP contribution is 2.12. The van der Waals surface area contributed by atoms with Crippen LogP contribution in [0.3, 0.4) is 0 Å². The normalized spacial score (nSPS) is 10.8. The third-order valence-corrected chi connectivity index (χ3v) is 2.98. The van der Waals surface area contributed by atoms with E-state index in [2.05, 4.69) is 19.2 Å². The van der Waals surface area contributed by atoms with Gasteiger partial charge in [-0.3, -0.25) is 9.69 Å². The molecule has 5 nitrogen and oxygen atoms in total. The molecule has 0 aliphatic carbocycles. The molecule has 0 radical (unpaired) electrons. The van der Waals surface area contributed by atoms with Crippen LogP contribution in [0.25, 0.3) is 0 Å². The van der Waals surface area contributed by atoms with Gasteiger partial charge in [-0.15, -0.1) is 0 Å². The van der Waals surface area contributed by atoms with Crippen LogP contribution in [0.1, 0.15) is 29.8 Å². The molecule has 0 aliphatic rings. The molecule has 116 valence electrons. The third-order valence-electron chi connectivity index (χ3n) is 2.98. The molecule has 0 unspecified atom stereocenters. The molecule has 0 aromatic heterocycles. The second kappa shape index (κ2) is 8.42. The second-order valence-electron chi connectivity index (χ2n) is 5.52. The molecule has 0 fully saturated rings. The van der Waals surface area contributed by atoms with Crippen molar-refractivity contribution in [1.82, 2.24) is 10.2 Å². The van der Waals surface area contributed by atoms with Crippen LogP contribution in [0.5, 0.6) is 0 Å². The predicted octanol–water partition coefficient (Wildman–Crippen LogP) is 1.68. The minimum Gasteiger partial charge on any atom is -0.465 e. The number of likely N-dealkylation sites (N-methyl/N-ethyl adjacent to an activating group) is 1. The number of amides is 1. The maximum Gasteiger partial charge on any atom is 0.338 e. The number of rotatable bonds is 7. The van der Waals surface area contributed by atoms with E-state index in [0.29, 0.717) is 31.1 Å². The summed E-state index contributed by atoms with van der Waals surface area (Å²) in [5.74, 6) is 0.0596. The van der Waals surface area contributed by atoms with Crippen molar-refractivity contribution in [2.45, 2.75) is 20.4 Å². The molecule has 21 heavy (non-hydrogen) atoms. The van der Waals surface area contributed by atoms with Gasteiger partial charge in [0.05, 0.1) is 19.2 Å². The Kier molecular flexibility index (Phi) is 6.88. The molecular formula is C16H24N2O3. The first kappa shape index (κ1) is 17.2. The van der Waals surface area contributed by atoms with Gasteiger partial charge < -0.3 is 10.1 Å². The number of esters is 1. The van der Waals surface area contributed by atoms with E-state index in [-0.39, 0.29) is 11.9 Å². The lowest BCUT2D eigenvalue weighted by molar-refractivity contribution is -0.122. The van der Waals surface area contributed by atoms with Crippen molar-refractivity contribution >= 4 is 11.9 Å². The molecule has 0 heterocycles. The smallest absolute Gasteiger partial charge is 0.338 e. The van der Waals surface area contributed by atoms with Crippen molar-refractivity contribution in [2.75, 3.05) is 27.2 Å². The van der Waals surface area contributed by atoms with E-state index in [1.165, 1.54) is 7.11 Å². The summed E-state index contributed by atoms with van der Waals surface area (Å²) in [6, 6.07) is 7.27. The minimum absolute atomic E-state index is 0.0123. The second-order valence-corrected chi connectivity index (χ2v) is 5.52. The molecule has 0 spiro atoms.